The molecule has 1 aromatic rings. The highest BCUT2D eigenvalue weighted by Crippen LogP contribution is 2.33. The number of nitrogens with one attached hydrogen (secondary N) is 1. The van der Waals surface area contributed by atoms with Crippen molar-refractivity contribution in [3.63, 3.8) is 0 Å². The van der Waals surface area contributed by atoms with Crippen molar-refractivity contribution >= 4 is 5.69 Å². The van der Waals surface area contributed by atoms with Gasteiger partial charge in [-0.3, -0.25) is 10.1 Å². The number of methoxy groups -OCH3 is 1. The van der Waals surface area contributed by atoms with E-state index in [-0.39, 0.29) is 23.9 Å². The fourth-order valence-electron chi connectivity index (χ4n) is 2.39. The van der Waals surface area contributed by atoms with E-state index in [4.69, 9.17) is 9.47 Å². The van der Waals surface area contributed by atoms with E-state index in [0.717, 1.165) is 6.42 Å². The van der Waals surface area contributed by atoms with Crippen molar-refractivity contribution in [2.24, 2.45) is 0 Å². The molecule has 1 aliphatic rings. The lowest BCUT2D eigenvalue weighted by molar-refractivity contribution is -0.385. The Balaban J connectivity index is 2.12. The van der Waals surface area contributed by atoms with Crippen LogP contribution in [0, 0.1) is 17.0 Å². The molecule has 0 spiro atoms. The molecule has 6 nitrogen and oxygen atoms in total. The molecule has 0 amide bonds. The zero-order chi connectivity index (χ0) is 14.0. The molecule has 0 heterocycles. The van der Waals surface area contributed by atoms with Gasteiger partial charge in [-0.05, 0) is 20.0 Å². The molecule has 0 aromatic heterocycles. The third-order valence-corrected chi connectivity index (χ3v) is 3.62. The summed E-state index contributed by atoms with van der Waals surface area (Å²) in [5, 5.41) is 14.0. The molecule has 1 N–H and O–H groups in total. The lowest BCUT2D eigenvalue weighted by Crippen LogP contribution is -2.60. The molecule has 104 valence electrons. The number of likely N-dealkylation sites (N-methyl/N-ethyl adjacent to an activating group) is 1. The summed E-state index contributed by atoms with van der Waals surface area (Å²) in [5.41, 5.74) is 0.631. The van der Waals surface area contributed by atoms with Gasteiger partial charge in [0.1, 0.15) is 18.0 Å². The summed E-state index contributed by atoms with van der Waals surface area (Å²) in [6.07, 6.45) is 0.740. The van der Waals surface area contributed by atoms with Gasteiger partial charge >= 0.3 is 0 Å². The van der Waals surface area contributed by atoms with Gasteiger partial charge in [-0.1, -0.05) is 6.07 Å². The van der Waals surface area contributed by atoms with Crippen molar-refractivity contribution in [1.82, 2.24) is 5.32 Å². The van der Waals surface area contributed by atoms with Crippen molar-refractivity contribution in [3.8, 4) is 5.75 Å². The van der Waals surface area contributed by atoms with Crippen LogP contribution < -0.4 is 10.1 Å². The number of nitro benzene ring substituents is 1. The molecule has 0 bridgehead atoms. The van der Waals surface area contributed by atoms with Gasteiger partial charge < -0.3 is 14.8 Å². The zero-order valence-electron chi connectivity index (χ0n) is 11.3. The number of hydrogen-bond donors (Lipinski definition) is 1. The Bertz CT molecular complexity index is 478. The van der Waals surface area contributed by atoms with Crippen LogP contribution in [-0.2, 0) is 4.74 Å². The highest BCUT2D eigenvalue weighted by molar-refractivity contribution is 5.48. The average molecular weight is 266 g/mol. The molecule has 0 aliphatic heterocycles. The Morgan fingerprint density at radius 3 is 2.79 bits per heavy atom. The molecule has 0 saturated heterocycles. The maximum absolute atomic E-state index is 10.9. The highest BCUT2D eigenvalue weighted by Gasteiger charge is 2.42. The van der Waals surface area contributed by atoms with Crippen molar-refractivity contribution in [1.29, 1.82) is 0 Å². The third-order valence-electron chi connectivity index (χ3n) is 3.62. The lowest BCUT2D eigenvalue weighted by Gasteiger charge is -2.43. The number of hydrogen-bond acceptors (Lipinski definition) is 5. The molecular formula is C13H18N2O4. The van der Waals surface area contributed by atoms with E-state index in [1.807, 2.05) is 7.05 Å². The first kappa shape index (κ1) is 13.8. The first-order chi connectivity index (χ1) is 9.08. The molecular weight excluding hydrogens is 248 g/mol. The van der Waals surface area contributed by atoms with Crippen LogP contribution in [0.25, 0.3) is 0 Å². The van der Waals surface area contributed by atoms with Crippen LogP contribution in [0.5, 0.6) is 5.75 Å². The van der Waals surface area contributed by atoms with Gasteiger partial charge in [0.25, 0.3) is 5.69 Å². The largest absolute Gasteiger partial charge is 0.487 e. The third kappa shape index (κ3) is 2.54. The molecule has 1 saturated carbocycles. The molecule has 2 rings (SSSR count). The van der Waals surface area contributed by atoms with Gasteiger partial charge in [0.2, 0.25) is 0 Å². The summed E-state index contributed by atoms with van der Waals surface area (Å²) in [6, 6.07) is 5.14. The minimum atomic E-state index is -0.396. The number of ether oxygens (including phenoxy) is 2. The van der Waals surface area contributed by atoms with E-state index in [9.17, 15) is 10.1 Å². The normalized spacial score (nSPS) is 25.7. The van der Waals surface area contributed by atoms with E-state index in [0.29, 0.717) is 11.3 Å². The van der Waals surface area contributed by atoms with Crippen LogP contribution in [0.3, 0.4) is 0 Å². The topological polar surface area (TPSA) is 73.6 Å². The van der Waals surface area contributed by atoms with E-state index >= 15 is 0 Å². The highest BCUT2D eigenvalue weighted by atomic mass is 16.6. The van der Waals surface area contributed by atoms with E-state index in [1.165, 1.54) is 6.07 Å². The van der Waals surface area contributed by atoms with Crippen LogP contribution >= 0.6 is 0 Å². The fraction of sp³-hybridized carbons (Fsp3) is 0.538. The maximum atomic E-state index is 10.9. The standard InChI is InChI=1S/C13H18N2O4/c1-8-10(15(16)17)5-4-6-11(8)19-12-7-9(14-2)13(12)18-3/h4-6,9,12-14H,7H2,1-3H3. The second-order valence-electron chi connectivity index (χ2n) is 4.64. The van der Waals surface area contributed by atoms with Gasteiger partial charge in [-0.25, -0.2) is 0 Å². The number of rotatable bonds is 5. The summed E-state index contributed by atoms with van der Waals surface area (Å²) >= 11 is 0. The SMILES string of the molecule is CNC1CC(Oc2cccc([N+](=O)[O-])c2C)C1OC. The van der Waals surface area contributed by atoms with Crippen molar-refractivity contribution in [2.45, 2.75) is 31.6 Å². The Morgan fingerprint density at radius 2 is 2.21 bits per heavy atom. The fourth-order valence-corrected chi connectivity index (χ4v) is 2.39. The number of benzene rings is 1. The Kier molecular flexibility index (Phi) is 4.01. The minimum absolute atomic E-state index is 0.0244. The first-order valence-electron chi connectivity index (χ1n) is 6.19. The summed E-state index contributed by atoms with van der Waals surface area (Å²) in [4.78, 5) is 10.5. The van der Waals surface area contributed by atoms with Crippen LogP contribution in [0.4, 0.5) is 5.69 Å². The predicted octanol–water partition coefficient (Wildman–Crippen LogP) is 1.66. The molecule has 3 unspecified atom stereocenters. The van der Waals surface area contributed by atoms with Crippen molar-refractivity contribution in [3.05, 3.63) is 33.9 Å². The first-order valence-corrected chi connectivity index (χ1v) is 6.19. The number of nitro groups is 1. The van der Waals surface area contributed by atoms with Crippen LogP contribution in [0.1, 0.15) is 12.0 Å². The van der Waals surface area contributed by atoms with Crippen molar-refractivity contribution in [2.75, 3.05) is 14.2 Å². The minimum Gasteiger partial charge on any atom is -0.487 e. The van der Waals surface area contributed by atoms with Gasteiger partial charge in [0.05, 0.1) is 10.5 Å². The Labute approximate surface area is 111 Å². The summed E-state index contributed by atoms with van der Waals surface area (Å²) in [7, 11) is 3.52. The quantitative estimate of drug-likeness (QED) is 0.648. The zero-order valence-corrected chi connectivity index (χ0v) is 11.3. The van der Waals surface area contributed by atoms with Gasteiger partial charge in [-0.2, -0.15) is 0 Å². The molecule has 19 heavy (non-hydrogen) atoms. The molecule has 0 radical (unpaired) electrons. The predicted molar refractivity (Wildman–Crippen MR) is 70.5 cm³/mol. The molecule has 1 aromatic carbocycles. The van der Waals surface area contributed by atoms with E-state index in [2.05, 4.69) is 5.32 Å². The second-order valence-corrected chi connectivity index (χ2v) is 4.64. The maximum Gasteiger partial charge on any atom is 0.276 e. The van der Waals surface area contributed by atoms with Gasteiger partial charge in [0.15, 0.2) is 0 Å². The van der Waals surface area contributed by atoms with Crippen molar-refractivity contribution < 1.29 is 14.4 Å². The van der Waals surface area contributed by atoms with Gasteiger partial charge in [-0.15, -0.1) is 0 Å². The summed E-state index contributed by atoms with van der Waals surface area (Å²) < 4.78 is 11.2. The van der Waals surface area contributed by atoms with E-state index < -0.39 is 4.92 Å². The number of nitrogens with zero attached hydrogens (tertiary/aromatic N) is 1. The molecule has 1 fully saturated rings. The smallest absolute Gasteiger partial charge is 0.276 e. The molecule has 3 atom stereocenters. The molecule has 1 aliphatic carbocycles. The average Bonchev–Trinajstić information content (AvgIpc) is 2.35. The second kappa shape index (κ2) is 5.54. The van der Waals surface area contributed by atoms with Crippen LogP contribution in [-0.4, -0.2) is 37.3 Å². The molecule has 6 heteroatoms. The van der Waals surface area contributed by atoms with E-state index in [1.54, 1.807) is 26.2 Å². The van der Waals surface area contributed by atoms with Crippen LogP contribution in [0.15, 0.2) is 18.2 Å². The monoisotopic (exact) mass is 266 g/mol. The Morgan fingerprint density at radius 1 is 1.47 bits per heavy atom. The van der Waals surface area contributed by atoms with Crippen LogP contribution in [0.2, 0.25) is 0 Å². The summed E-state index contributed by atoms with van der Waals surface area (Å²) in [6.45, 7) is 1.70. The Hall–Kier alpha value is -1.66. The lowest BCUT2D eigenvalue weighted by atomic mass is 9.85. The summed E-state index contributed by atoms with van der Waals surface area (Å²) in [5.74, 6) is 0.552. The van der Waals surface area contributed by atoms with Gasteiger partial charge in [0, 0.05) is 25.6 Å².